The molecular weight excluding hydrogens is 282 g/mol. The van der Waals surface area contributed by atoms with E-state index in [0.29, 0.717) is 18.8 Å². The molecule has 0 spiro atoms. The Hall–Kier alpha value is -2.53. The molecule has 22 heavy (non-hydrogen) atoms. The van der Waals surface area contributed by atoms with Crippen LogP contribution in [0, 0.1) is 0 Å². The molecular formula is C17H19NO4. The van der Waals surface area contributed by atoms with Gasteiger partial charge < -0.3 is 20.3 Å². The van der Waals surface area contributed by atoms with Crippen LogP contribution in [0.2, 0.25) is 0 Å². The van der Waals surface area contributed by atoms with Crippen LogP contribution >= 0.6 is 0 Å². The largest absolute Gasteiger partial charge is 0.493 e. The maximum Gasteiger partial charge on any atom is 0.405 e. The Bertz CT molecular complexity index is 601. The predicted octanol–water partition coefficient (Wildman–Crippen LogP) is 2.63. The Kier molecular flexibility index (Phi) is 5.80. The molecule has 2 rings (SSSR count). The Balaban J connectivity index is 2.23. The van der Waals surface area contributed by atoms with E-state index in [2.05, 4.69) is 0 Å². The van der Waals surface area contributed by atoms with E-state index in [4.69, 9.17) is 20.3 Å². The van der Waals surface area contributed by atoms with Crippen LogP contribution in [-0.2, 0) is 4.74 Å². The third-order valence-corrected chi connectivity index (χ3v) is 3.07. The summed E-state index contributed by atoms with van der Waals surface area (Å²) in [5.74, 6) is 0.653. The molecule has 0 fully saturated rings. The third-order valence-electron chi connectivity index (χ3n) is 3.07. The summed E-state index contributed by atoms with van der Waals surface area (Å²) in [6.07, 6.45) is -0.857. The van der Waals surface area contributed by atoms with Crippen LogP contribution in [0.4, 0.5) is 4.79 Å². The summed E-state index contributed by atoms with van der Waals surface area (Å²) in [6, 6.07) is 16.6. The van der Waals surface area contributed by atoms with Gasteiger partial charge in [0.05, 0.1) is 6.61 Å². The van der Waals surface area contributed by atoms with E-state index in [-0.39, 0.29) is 6.61 Å². The summed E-state index contributed by atoms with van der Waals surface area (Å²) in [6.45, 7) is 0.504. The summed E-state index contributed by atoms with van der Waals surface area (Å²) < 4.78 is 10.8. The molecule has 0 aliphatic carbocycles. The van der Waals surface area contributed by atoms with Gasteiger partial charge in [-0.2, -0.15) is 0 Å². The quantitative estimate of drug-likeness (QED) is 0.770. The molecule has 0 aliphatic rings. The van der Waals surface area contributed by atoms with E-state index >= 15 is 0 Å². The smallest absolute Gasteiger partial charge is 0.405 e. The van der Waals surface area contributed by atoms with Gasteiger partial charge in [-0.25, -0.2) is 4.79 Å². The van der Waals surface area contributed by atoms with Gasteiger partial charge in [-0.05, 0) is 17.7 Å². The van der Waals surface area contributed by atoms with Crippen LogP contribution in [-0.4, -0.2) is 24.4 Å². The highest BCUT2D eigenvalue weighted by atomic mass is 16.6. The topological polar surface area (TPSA) is 81.8 Å². The monoisotopic (exact) mass is 301 g/mol. The summed E-state index contributed by atoms with van der Waals surface area (Å²) in [7, 11) is 0. The first-order valence-corrected chi connectivity index (χ1v) is 7.05. The number of aliphatic hydroxyl groups excluding tert-OH is 1. The number of carbonyl (C=O) groups excluding carboxylic acids is 1. The van der Waals surface area contributed by atoms with Crippen molar-refractivity contribution in [3.63, 3.8) is 0 Å². The van der Waals surface area contributed by atoms with Gasteiger partial charge in [0.1, 0.15) is 5.75 Å². The van der Waals surface area contributed by atoms with Crippen molar-refractivity contribution in [2.24, 2.45) is 5.73 Å². The molecule has 1 atom stereocenters. The Morgan fingerprint density at radius 1 is 1.09 bits per heavy atom. The SMILES string of the molecule is NC(=O)OC(c1ccccc1)c1cccc(OCCCO)c1. The van der Waals surface area contributed by atoms with Gasteiger partial charge in [-0.15, -0.1) is 0 Å². The predicted molar refractivity (Wildman–Crippen MR) is 82.6 cm³/mol. The Morgan fingerprint density at radius 2 is 1.82 bits per heavy atom. The third kappa shape index (κ3) is 4.49. The highest BCUT2D eigenvalue weighted by molar-refractivity contribution is 5.65. The Labute approximate surface area is 129 Å². The van der Waals surface area contributed by atoms with Gasteiger partial charge in [0.2, 0.25) is 0 Å². The number of carbonyl (C=O) groups is 1. The average Bonchev–Trinajstić information content (AvgIpc) is 2.54. The second kappa shape index (κ2) is 8.05. The lowest BCUT2D eigenvalue weighted by Gasteiger charge is -2.18. The zero-order valence-corrected chi connectivity index (χ0v) is 12.1. The number of nitrogens with two attached hydrogens (primary N) is 1. The van der Waals surface area contributed by atoms with Crippen molar-refractivity contribution in [1.29, 1.82) is 0 Å². The van der Waals surface area contributed by atoms with Gasteiger partial charge in [-0.3, -0.25) is 0 Å². The van der Waals surface area contributed by atoms with Crippen LogP contribution in [0.1, 0.15) is 23.7 Å². The number of rotatable bonds is 7. The summed E-state index contributed by atoms with van der Waals surface area (Å²) in [4.78, 5) is 11.2. The molecule has 0 bridgehead atoms. The fraction of sp³-hybridized carbons (Fsp3) is 0.235. The minimum atomic E-state index is -0.833. The van der Waals surface area contributed by atoms with Crippen molar-refractivity contribution >= 4 is 6.09 Å². The van der Waals surface area contributed by atoms with Crippen LogP contribution < -0.4 is 10.5 Å². The van der Waals surface area contributed by atoms with Crippen molar-refractivity contribution in [3.05, 3.63) is 65.7 Å². The Morgan fingerprint density at radius 3 is 2.50 bits per heavy atom. The van der Waals surface area contributed by atoms with Crippen LogP contribution in [0.5, 0.6) is 5.75 Å². The molecule has 1 unspecified atom stereocenters. The second-order valence-corrected chi connectivity index (χ2v) is 4.73. The van der Waals surface area contributed by atoms with E-state index in [9.17, 15) is 4.79 Å². The van der Waals surface area contributed by atoms with Crippen molar-refractivity contribution < 1.29 is 19.4 Å². The molecule has 3 N–H and O–H groups in total. The molecule has 0 radical (unpaired) electrons. The minimum Gasteiger partial charge on any atom is -0.493 e. The molecule has 0 heterocycles. The highest BCUT2D eigenvalue weighted by Crippen LogP contribution is 2.28. The zero-order valence-electron chi connectivity index (χ0n) is 12.1. The van der Waals surface area contributed by atoms with Crippen molar-refractivity contribution in [2.45, 2.75) is 12.5 Å². The lowest BCUT2D eigenvalue weighted by atomic mass is 10.0. The summed E-state index contributed by atoms with van der Waals surface area (Å²) in [5, 5.41) is 8.78. The molecule has 0 saturated carbocycles. The van der Waals surface area contributed by atoms with E-state index < -0.39 is 12.2 Å². The average molecular weight is 301 g/mol. The zero-order chi connectivity index (χ0) is 15.8. The molecule has 0 aliphatic heterocycles. The minimum absolute atomic E-state index is 0.0805. The maximum atomic E-state index is 11.2. The first-order valence-electron chi connectivity index (χ1n) is 7.05. The molecule has 0 aromatic heterocycles. The maximum absolute atomic E-state index is 11.2. The van der Waals surface area contributed by atoms with Crippen LogP contribution in [0.15, 0.2) is 54.6 Å². The van der Waals surface area contributed by atoms with Gasteiger partial charge in [0.25, 0.3) is 0 Å². The molecule has 116 valence electrons. The highest BCUT2D eigenvalue weighted by Gasteiger charge is 2.18. The number of hydrogen-bond acceptors (Lipinski definition) is 4. The molecule has 2 aromatic carbocycles. The molecule has 0 saturated heterocycles. The van der Waals surface area contributed by atoms with Crippen LogP contribution in [0.3, 0.4) is 0 Å². The number of primary amides is 1. The lowest BCUT2D eigenvalue weighted by Crippen LogP contribution is -2.18. The summed E-state index contributed by atoms with van der Waals surface area (Å²) >= 11 is 0. The number of benzene rings is 2. The first-order chi connectivity index (χ1) is 10.7. The van der Waals surface area contributed by atoms with E-state index in [1.165, 1.54) is 0 Å². The number of aliphatic hydroxyl groups is 1. The number of amides is 1. The fourth-order valence-electron chi connectivity index (χ4n) is 2.09. The van der Waals surface area contributed by atoms with Gasteiger partial charge in [0.15, 0.2) is 6.10 Å². The van der Waals surface area contributed by atoms with E-state index in [1.807, 2.05) is 48.5 Å². The molecule has 5 nitrogen and oxygen atoms in total. The van der Waals surface area contributed by atoms with Gasteiger partial charge in [-0.1, -0.05) is 42.5 Å². The van der Waals surface area contributed by atoms with E-state index in [1.54, 1.807) is 6.07 Å². The summed E-state index contributed by atoms with van der Waals surface area (Å²) in [5.41, 5.74) is 6.78. The molecule has 1 amide bonds. The lowest BCUT2D eigenvalue weighted by molar-refractivity contribution is 0.126. The number of hydrogen-bond donors (Lipinski definition) is 2. The standard InChI is InChI=1S/C17H19NO4/c18-17(20)22-16(13-6-2-1-3-7-13)14-8-4-9-15(12-14)21-11-5-10-19/h1-4,6-9,12,16,19H,5,10-11H2,(H2,18,20). The first kappa shape index (κ1) is 15.9. The van der Waals surface area contributed by atoms with Crippen molar-refractivity contribution in [1.82, 2.24) is 0 Å². The van der Waals surface area contributed by atoms with Crippen molar-refractivity contribution in [2.75, 3.05) is 13.2 Å². The number of ether oxygens (including phenoxy) is 2. The van der Waals surface area contributed by atoms with Crippen molar-refractivity contribution in [3.8, 4) is 5.75 Å². The second-order valence-electron chi connectivity index (χ2n) is 4.73. The fourth-order valence-corrected chi connectivity index (χ4v) is 2.09. The normalized spacial score (nSPS) is 11.7. The van der Waals surface area contributed by atoms with E-state index in [0.717, 1.165) is 11.1 Å². The molecule has 5 heteroatoms. The molecule has 2 aromatic rings. The van der Waals surface area contributed by atoms with Crippen LogP contribution in [0.25, 0.3) is 0 Å². The van der Waals surface area contributed by atoms with Gasteiger partial charge in [0, 0.05) is 18.6 Å². The van der Waals surface area contributed by atoms with Gasteiger partial charge >= 0.3 is 6.09 Å².